The molecule has 1 saturated heterocycles. The number of hydrogen-bond donors (Lipinski definition) is 1. The van der Waals surface area contributed by atoms with Crippen LogP contribution in [0.1, 0.15) is 56.1 Å². The summed E-state index contributed by atoms with van der Waals surface area (Å²) in [5, 5.41) is 3.34. The Hall–Kier alpha value is -3.58. The third-order valence-electron chi connectivity index (χ3n) is 7.18. The Morgan fingerprint density at radius 3 is 2.68 bits per heavy atom. The first-order valence-corrected chi connectivity index (χ1v) is 12.9. The Morgan fingerprint density at radius 1 is 1.08 bits per heavy atom. The fraction of sp³-hybridized carbons (Fsp3) is 0.400. The SMILES string of the molecule is COc1cc(C2C(C(=O)OCC3CCCO3)=C(C)NC3=C2C(=O)CCC3)ccc1OCc1ccccc1. The second kappa shape index (κ2) is 11.2. The van der Waals surface area contributed by atoms with Gasteiger partial charge in [0.15, 0.2) is 17.3 Å². The fourth-order valence-electron chi connectivity index (χ4n) is 5.33. The van der Waals surface area contributed by atoms with Crippen molar-refractivity contribution in [1.29, 1.82) is 0 Å². The van der Waals surface area contributed by atoms with Gasteiger partial charge < -0.3 is 24.3 Å². The van der Waals surface area contributed by atoms with Crippen molar-refractivity contribution in [2.75, 3.05) is 20.3 Å². The minimum Gasteiger partial charge on any atom is -0.493 e. The number of dihydropyridines is 1. The number of Topliss-reactive ketones (excluding diaryl/α,β-unsaturated/α-hetero) is 1. The van der Waals surface area contributed by atoms with E-state index < -0.39 is 11.9 Å². The summed E-state index contributed by atoms with van der Waals surface area (Å²) in [6, 6.07) is 15.5. The molecule has 2 aromatic rings. The minimum absolute atomic E-state index is 0.0547. The second-order valence-corrected chi connectivity index (χ2v) is 9.68. The number of benzene rings is 2. The number of nitrogens with one attached hydrogen (secondary N) is 1. The maximum atomic E-state index is 13.4. The standard InChI is InChI=1S/C30H33NO6/c1-19-27(30(33)37-18-22-10-7-15-35-22)28(29-23(31-19)11-6-12-24(29)32)21-13-14-25(26(16-21)34-2)36-17-20-8-4-3-5-9-20/h3-5,8-9,13-14,16,22,28,31H,6-7,10-12,15,17-18H2,1-2H3. The lowest BCUT2D eigenvalue weighted by atomic mass is 9.75. The second-order valence-electron chi connectivity index (χ2n) is 9.68. The molecule has 0 aromatic heterocycles. The van der Waals surface area contributed by atoms with Crippen molar-refractivity contribution in [2.24, 2.45) is 0 Å². The molecular weight excluding hydrogens is 470 g/mol. The molecule has 0 amide bonds. The summed E-state index contributed by atoms with van der Waals surface area (Å²) >= 11 is 0. The maximum absolute atomic E-state index is 13.4. The van der Waals surface area contributed by atoms with Crippen molar-refractivity contribution >= 4 is 11.8 Å². The quantitative estimate of drug-likeness (QED) is 0.510. The van der Waals surface area contributed by atoms with Crippen molar-refractivity contribution < 1.29 is 28.5 Å². The number of allylic oxidation sites excluding steroid dienone is 3. The molecule has 5 rings (SSSR count). The van der Waals surface area contributed by atoms with E-state index in [-0.39, 0.29) is 18.5 Å². The van der Waals surface area contributed by atoms with E-state index in [0.29, 0.717) is 48.0 Å². The Kier molecular flexibility index (Phi) is 7.60. The summed E-state index contributed by atoms with van der Waals surface area (Å²) < 4.78 is 23.1. The fourth-order valence-corrected chi connectivity index (χ4v) is 5.33. The Bertz CT molecular complexity index is 1230. The van der Waals surface area contributed by atoms with Crippen LogP contribution in [0.25, 0.3) is 0 Å². The zero-order valence-electron chi connectivity index (χ0n) is 21.4. The number of methoxy groups -OCH3 is 1. The number of esters is 1. The molecule has 2 aliphatic heterocycles. The molecule has 0 spiro atoms. The first-order chi connectivity index (χ1) is 18.0. The van der Waals surface area contributed by atoms with E-state index in [9.17, 15) is 9.59 Å². The molecule has 1 fully saturated rings. The van der Waals surface area contributed by atoms with Crippen molar-refractivity contribution in [2.45, 2.75) is 57.7 Å². The Balaban J connectivity index is 1.46. The first kappa shape index (κ1) is 25.1. The van der Waals surface area contributed by atoms with Gasteiger partial charge in [-0.2, -0.15) is 0 Å². The van der Waals surface area contributed by atoms with E-state index in [2.05, 4.69) is 5.32 Å². The van der Waals surface area contributed by atoms with Gasteiger partial charge in [-0.05, 0) is 55.9 Å². The van der Waals surface area contributed by atoms with Gasteiger partial charge in [-0.1, -0.05) is 36.4 Å². The summed E-state index contributed by atoms with van der Waals surface area (Å²) in [6.45, 7) is 3.17. The van der Waals surface area contributed by atoms with Gasteiger partial charge in [0.2, 0.25) is 0 Å². The Labute approximate surface area is 217 Å². The normalized spacial score (nSPS) is 21.4. The summed E-state index contributed by atoms with van der Waals surface area (Å²) in [6.07, 6.45) is 3.79. The third-order valence-corrected chi connectivity index (χ3v) is 7.18. The van der Waals surface area contributed by atoms with Gasteiger partial charge in [-0.25, -0.2) is 4.79 Å². The molecule has 2 unspecified atom stereocenters. The van der Waals surface area contributed by atoms with Crippen molar-refractivity contribution in [1.82, 2.24) is 5.32 Å². The van der Waals surface area contributed by atoms with E-state index in [1.165, 1.54) is 0 Å². The maximum Gasteiger partial charge on any atom is 0.336 e. The van der Waals surface area contributed by atoms with Gasteiger partial charge in [0, 0.05) is 35.9 Å². The van der Waals surface area contributed by atoms with Gasteiger partial charge >= 0.3 is 5.97 Å². The monoisotopic (exact) mass is 503 g/mol. The van der Waals surface area contributed by atoms with Gasteiger partial charge in [0.25, 0.3) is 0 Å². The average molecular weight is 504 g/mol. The van der Waals surface area contributed by atoms with Crippen LogP contribution in [-0.2, 0) is 25.7 Å². The third kappa shape index (κ3) is 5.42. The molecular formula is C30H33NO6. The largest absolute Gasteiger partial charge is 0.493 e. The molecule has 3 aliphatic rings. The highest BCUT2D eigenvalue weighted by Gasteiger charge is 2.39. The van der Waals surface area contributed by atoms with Gasteiger partial charge in [0.05, 0.1) is 18.8 Å². The number of ether oxygens (including phenoxy) is 4. The van der Waals surface area contributed by atoms with E-state index in [4.69, 9.17) is 18.9 Å². The highest BCUT2D eigenvalue weighted by molar-refractivity contribution is 6.03. The van der Waals surface area contributed by atoms with Crippen LogP contribution >= 0.6 is 0 Å². The van der Waals surface area contributed by atoms with Crippen LogP contribution in [-0.4, -0.2) is 38.2 Å². The molecule has 194 valence electrons. The lowest BCUT2D eigenvalue weighted by Gasteiger charge is -2.34. The van der Waals surface area contributed by atoms with Crippen molar-refractivity contribution in [3.8, 4) is 11.5 Å². The highest BCUT2D eigenvalue weighted by atomic mass is 16.6. The molecule has 0 radical (unpaired) electrons. The van der Waals surface area contributed by atoms with Crippen LogP contribution in [0.3, 0.4) is 0 Å². The molecule has 7 nitrogen and oxygen atoms in total. The van der Waals surface area contributed by atoms with E-state index in [1.807, 2.05) is 55.5 Å². The van der Waals surface area contributed by atoms with Crippen LogP contribution in [0, 0.1) is 0 Å². The summed E-state index contributed by atoms with van der Waals surface area (Å²) in [7, 11) is 1.59. The van der Waals surface area contributed by atoms with E-state index in [0.717, 1.165) is 42.5 Å². The van der Waals surface area contributed by atoms with Gasteiger partial charge in [-0.3, -0.25) is 4.79 Å². The molecule has 1 aliphatic carbocycles. The smallest absolute Gasteiger partial charge is 0.336 e. The molecule has 7 heteroatoms. The van der Waals surface area contributed by atoms with Gasteiger partial charge in [0.1, 0.15) is 13.2 Å². The lowest BCUT2D eigenvalue weighted by molar-refractivity contribution is -0.142. The first-order valence-electron chi connectivity index (χ1n) is 12.9. The number of carbonyl (C=O) groups excluding carboxylic acids is 2. The summed E-state index contributed by atoms with van der Waals surface area (Å²) in [4.78, 5) is 26.6. The van der Waals surface area contributed by atoms with Crippen LogP contribution in [0.2, 0.25) is 0 Å². The summed E-state index contributed by atoms with van der Waals surface area (Å²) in [5.74, 6) is 0.217. The highest BCUT2D eigenvalue weighted by Crippen LogP contribution is 2.44. The molecule has 2 aromatic carbocycles. The molecule has 0 saturated carbocycles. The number of ketones is 1. The van der Waals surface area contributed by atoms with Crippen LogP contribution < -0.4 is 14.8 Å². The lowest BCUT2D eigenvalue weighted by Crippen LogP contribution is -2.35. The van der Waals surface area contributed by atoms with E-state index >= 15 is 0 Å². The zero-order chi connectivity index (χ0) is 25.8. The predicted octanol–water partition coefficient (Wildman–Crippen LogP) is 4.96. The van der Waals surface area contributed by atoms with Crippen LogP contribution in [0.4, 0.5) is 0 Å². The number of rotatable bonds is 8. The predicted molar refractivity (Wildman–Crippen MR) is 138 cm³/mol. The van der Waals surface area contributed by atoms with Gasteiger partial charge in [-0.15, -0.1) is 0 Å². The van der Waals surface area contributed by atoms with Crippen LogP contribution in [0.15, 0.2) is 71.1 Å². The van der Waals surface area contributed by atoms with Crippen LogP contribution in [0.5, 0.6) is 11.5 Å². The minimum atomic E-state index is -0.543. The number of carbonyl (C=O) groups is 2. The zero-order valence-corrected chi connectivity index (χ0v) is 21.4. The molecule has 37 heavy (non-hydrogen) atoms. The summed E-state index contributed by atoms with van der Waals surface area (Å²) in [5.41, 5.74) is 4.52. The molecule has 2 atom stereocenters. The molecule has 2 heterocycles. The van der Waals surface area contributed by atoms with Crippen molar-refractivity contribution in [3.05, 3.63) is 82.2 Å². The van der Waals surface area contributed by atoms with E-state index in [1.54, 1.807) is 7.11 Å². The van der Waals surface area contributed by atoms with Crippen molar-refractivity contribution in [3.63, 3.8) is 0 Å². The number of hydrogen-bond acceptors (Lipinski definition) is 7. The topological polar surface area (TPSA) is 83.1 Å². The Morgan fingerprint density at radius 2 is 1.92 bits per heavy atom. The molecule has 0 bridgehead atoms. The molecule has 1 N–H and O–H groups in total. The average Bonchev–Trinajstić information content (AvgIpc) is 3.44.